The third-order valence-electron chi connectivity index (χ3n) is 3.49. The first-order valence-electron chi connectivity index (χ1n) is 8.08. The van der Waals surface area contributed by atoms with Gasteiger partial charge in [-0.25, -0.2) is 4.79 Å². The van der Waals surface area contributed by atoms with Crippen LogP contribution in [-0.4, -0.2) is 22.1 Å². The van der Waals surface area contributed by atoms with E-state index in [2.05, 4.69) is 12.2 Å². The molecular weight excluding hydrogens is 294 g/mol. The molecule has 0 unspecified atom stereocenters. The van der Waals surface area contributed by atoms with Gasteiger partial charge in [0.05, 0.1) is 0 Å². The van der Waals surface area contributed by atoms with E-state index in [1.807, 2.05) is 6.08 Å². The molecule has 0 bridgehead atoms. The highest BCUT2D eigenvalue weighted by Crippen LogP contribution is 2.21. The van der Waals surface area contributed by atoms with Crippen molar-refractivity contribution in [1.29, 1.82) is 0 Å². The molecule has 0 aliphatic carbocycles. The van der Waals surface area contributed by atoms with Gasteiger partial charge in [0.1, 0.15) is 11.3 Å². The van der Waals surface area contributed by atoms with Gasteiger partial charge in [-0.1, -0.05) is 45.1 Å². The van der Waals surface area contributed by atoms with Crippen LogP contribution in [0.2, 0.25) is 0 Å². The molecule has 5 nitrogen and oxygen atoms in total. The fraction of sp³-hybridized carbons (Fsp3) is 0.444. The Labute approximate surface area is 137 Å². The zero-order valence-corrected chi connectivity index (χ0v) is 13.5. The molecular formula is C18H25NO4. The van der Waals surface area contributed by atoms with E-state index in [1.54, 1.807) is 0 Å². The first-order valence-corrected chi connectivity index (χ1v) is 8.08. The van der Waals surface area contributed by atoms with Gasteiger partial charge in [-0.05, 0) is 31.1 Å². The van der Waals surface area contributed by atoms with Crippen molar-refractivity contribution in [3.05, 3.63) is 35.9 Å². The third-order valence-corrected chi connectivity index (χ3v) is 3.49. The highest BCUT2D eigenvalue weighted by molar-refractivity contribution is 6.00. The number of nitrogens with one attached hydrogen (secondary N) is 1. The molecule has 5 heteroatoms. The Bertz CT molecular complexity index is 552. The molecule has 1 rings (SSSR count). The third kappa shape index (κ3) is 7.49. The van der Waals surface area contributed by atoms with Gasteiger partial charge < -0.3 is 15.5 Å². The van der Waals surface area contributed by atoms with Gasteiger partial charge in [-0.2, -0.15) is 0 Å². The summed E-state index contributed by atoms with van der Waals surface area (Å²) in [5.41, 5.74) is 0.170. The number of aromatic hydroxyl groups is 1. The lowest BCUT2D eigenvalue weighted by Crippen LogP contribution is -2.08. The summed E-state index contributed by atoms with van der Waals surface area (Å²) in [6.45, 7) is 2.19. The minimum atomic E-state index is -1.21. The average molecular weight is 319 g/mol. The number of benzene rings is 1. The molecule has 1 amide bonds. The van der Waals surface area contributed by atoms with E-state index < -0.39 is 5.97 Å². The van der Waals surface area contributed by atoms with Crippen LogP contribution in [-0.2, 0) is 4.79 Å². The second-order valence-corrected chi connectivity index (χ2v) is 5.49. The van der Waals surface area contributed by atoms with Crippen molar-refractivity contribution >= 4 is 17.6 Å². The molecule has 126 valence electrons. The van der Waals surface area contributed by atoms with Gasteiger partial charge in [0, 0.05) is 11.8 Å². The fourth-order valence-electron chi connectivity index (χ4n) is 2.21. The zero-order chi connectivity index (χ0) is 17.1. The predicted molar refractivity (Wildman–Crippen MR) is 90.8 cm³/mol. The van der Waals surface area contributed by atoms with Crippen molar-refractivity contribution in [3.8, 4) is 5.75 Å². The van der Waals surface area contributed by atoms with E-state index in [-0.39, 0.29) is 17.2 Å². The second-order valence-electron chi connectivity index (χ2n) is 5.49. The topological polar surface area (TPSA) is 86.6 Å². The van der Waals surface area contributed by atoms with Crippen molar-refractivity contribution in [2.24, 2.45) is 0 Å². The minimum absolute atomic E-state index is 0.193. The van der Waals surface area contributed by atoms with E-state index in [0.717, 1.165) is 12.8 Å². The number of anilines is 1. The van der Waals surface area contributed by atoms with Gasteiger partial charge in [0.15, 0.2) is 0 Å². The lowest BCUT2D eigenvalue weighted by atomic mass is 10.1. The van der Waals surface area contributed by atoms with Crippen LogP contribution in [0.3, 0.4) is 0 Å². The number of unbranched alkanes of at least 4 members (excludes halogenated alkanes) is 6. The molecule has 0 aliphatic heterocycles. The molecule has 0 fully saturated rings. The van der Waals surface area contributed by atoms with Crippen LogP contribution < -0.4 is 5.32 Å². The van der Waals surface area contributed by atoms with E-state index in [9.17, 15) is 14.7 Å². The van der Waals surface area contributed by atoms with Crippen LogP contribution >= 0.6 is 0 Å². The number of carbonyl (C=O) groups is 2. The molecule has 0 saturated carbocycles. The zero-order valence-electron chi connectivity index (χ0n) is 13.5. The number of amides is 1. The fourth-order valence-corrected chi connectivity index (χ4v) is 2.21. The number of carboxylic acid groups (broad SMARTS) is 1. The quantitative estimate of drug-likeness (QED) is 0.442. The predicted octanol–water partition coefficient (Wildman–Crippen LogP) is 4.34. The van der Waals surface area contributed by atoms with Gasteiger partial charge in [-0.15, -0.1) is 0 Å². The highest BCUT2D eigenvalue weighted by Gasteiger charge is 2.10. The molecule has 0 saturated heterocycles. The van der Waals surface area contributed by atoms with Gasteiger partial charge in [-0.3, -0.25) is 4.79 Å². The van der Waals surface area contributed by atoms with Gasteiger partial charge in [0.2, 0.25) is 5.91 Å². The van der Waals surface area contributed by atoms with Crippen molar-refractivity contribution < 1.29 is 19.8 Å². The standard InChI is InChI=1S/C18H25NO4/c1-2-3-4-5-6-7-8-9-10-17(21)19-14-11-12-15(18(22)23)16(20)13-14/h9-13,20H,2-8H2,1H3,(H,19,21)(H,22,23). The minimum Gasteiger partial charge on any atom is -0.507 e. The Morgan fingerprint density at radius 1 is 1.13 bits per heavy atom. The average Bonchev–Trinajstić information content (AvgIpc) is 2.49. The maximum Gasteiger partial charge on any atom is 0.339 e. The molecule has 1 aromatic carbocycles. The molecule has 0 radical (unpaired) electrons. The maximum absolute atomic E-state index is 11.7. The van der Waals surface area contributed by atoms with Crippen molar-refractivity contribution in [2.45, 2.75) is 51.9 Å². The van der Waals surface area contributed by atoms with Crippen LogP contribution in [0.4, 0.5) is 5.69 Å². The molecule has 3 N–H and O–H groups in total. The summed E-state index contributed by atoms with van der Waals surface area (Å²) in [4.78, 5) is 22.5. The van der Waals surface area contributed by atoms with Gasteiger partial charge >= 0.3 is 5.97 Å². The number of carbonyl (C=O) groups excluding carboxylic acids is 1. The number of hydrogen-bond acceptors (Lipinski definition) is 3. The lowest BCUT2D eigenvalue weighted by molar-refractivity contribution is -0.111. The summed E-state index contributed by atoms with van der Waals surface area (Å²) >= 11 is 0. The first-order chi connectivity index (χ1) is 11.0. The van der Waals surface area contributed by atoms with Crippen molar-refractivity contribution in [2.75, 3.05) is 5.32 Å². The van der Waals surface area contributed by atoms with E-state index in [4.69, 9.17) is 5.11 Å². The van der Waals surface area contributed by atoms with Crippen LogP contribution in [0.5, 0.6) is 5.75 Å². The summed E-state index contributed by atoms with van der Waals surface area (Å²) in [5.74, 6) is -1.87. The molecule has 0 aromatic heterocycles. The van der Waals surface area contributed by atoms with Crippen LogP contribution in [0.1, 0.15) is 62.2 Å². The normalized spacial score (nSPS) is 10.8. The van der Waals surface area contributed by atoms with Crippen LogP contribution in [0.15, 0.2) is 30.4 Å². The van der Waals surface area contributed by atoms with E-state index in [1.165, 1.54) is 56.4 Å². The maximum atomic E-state index is 11.7. The van der Waals surface area contributed by atoms with Crippen molar-refractivity contribution in [3.63, 3.8) is 0 Å². The first kappa shape index (κ1) is 18.7. The Morgan fingerprint density at radius 2 is 1.83 bits per heavy atom. The molecule has 23 heavy (non-hydrogen) atoms. The second kappa shape index (κ2) is 10.4. The summed E-state index contributed by atoms with van der Waals surface area (Å²) < 4.78 is 0. The summed E-state index contributed by atoms with van der Waals surface area (Å²) in [6, 6.07) is 3.93. The number of aromatic carboxylic acids is 1. The number of phenols is 1. The van der Waals surface area contributed by atoms with Crippen LogP contribution in [0.25, 0.3) is 0 Å². The van der Waals surface area contributed by atoms with E-state index >= 15 is 0 Å². The molecule has 1 aromatic rings. The van der Waals surface area contributed by atoms with E-state index in [0.29, 0.717) is 5.69 Å². The number of hydrogen-bond donors (Lipinski definition) is 3. The smallest absolute Gasteiger partial charge is 0.339 e. The number of rotatable bonds is 10. The largest absolute Gasteiger partial charge is 0.507 e. The Morgan fingerprint density at radius 3 is 2.48 bits per heavy atom. The Kier molecular flexibility index (Phi) is 8.50. The highest BCUT2D eigenvalue weighted by atomic mass is 16.4. The summed E-state index contributed by atoms with van der Waals surface area (Å²) in [7, 11) is 0. The lowest BCUT2D eigenvalue weighted by Gasteiger charge is -2.05. The SMILES string of the molecule is CCCCCCCCC=CC(=O)Nc1ccc(C(=O)O)c(O)c1. The Balaban J connectivity index is 2.32. The van der Waals surface area contributed by atoms with Gasteiger partial charge in [0.25, 0.3) is 0 Å². The molecule has 0 heterocycles. The monoisotopic (exact) mass is 319 g/mol. The number of allylic oxidation sites excluding steroid dienone is 1. The molecule has 0 aliphatic rings. The van der Waals surface area contributed by atoms with Crippen LogP contribution in [0, 0.1) is 0 Å². The Hall–Kier alpha value is -2.30. The summed E-state index contributed by atoms with van der Waals surface area (Å²) in [6.07, 6.45) is 11.4. The van der Waals surface area contributed by atoms with Crippen molar-refractivity contribution in [1.82, 2.24) is 0 Å². The number of carboxylic acids is 1. The molecule has 0 spiro atoms. The summed E-state index contributed by atoms with van der Waals surface area (Å²) in [5, 5.41) is 21.0. The molecule has 0 atom stereocenters.